The molecule has 2 aromatic heterocycles. The Morgan fingerprint density at radius 3 is 2.71 bits per heavy atom. The van der Waals surface area contributed by atoms with Crippen LogP contribution in [-0.4, -0.2) is 35.0 Å². The maximum absolute atomic E-state index is 10.9. The van der Waals surface area contributed by atoms with E-state index in [0.717, 1.165) is 5.56 Å². The van der Waals surface area contributed by atoms with Gasteiger partial charge in [-0.3, -0.25) is 4.68 Å². The number of hydrogen-bond donors (Lipinski definition) is 1. The van der Waals surface area contributed by atoms with E-state index in [1.807, 2.05) is 47.3 Å². The molecule has 28 heavy (non-hydrogen) atoms. The zero-order valence-electron chi connectivity index (χ0n) is 15.0. The average Bonchev–Trinajstić information content (AvgIpc) is 3.36. The number of benzene rings is 1. The van der Waals surface area contributed by atoms with Gasteiger partial charge in [0.2, 0.25) is 0 Å². The number of nitro groups is 1. The minimum atomic E-state index is -0.509. The molecule has 1 unspecified atom stereocenters. The first-order chi connectivity index (χ1) is 13.5. The van der Waals surface area contributed by atoms with E-state index in [2.05, 4.69) is 15.3 Å². The third kappa shape index (κ3) is 3.75. The molecule has 1 aliphatic rings. The quantitative estimate of drug-likeness (QED) is 0.499. The summed E-state index contributed by atoms with van der Waals surface area (Å²) in [5, 5.41) is 26.3. The van der Waals surface area contributed by atoms with Crippen LogP contribution >= 0.6 is 11.8 Å². The Balaban J connectivity index is 1.48. The summed E-state index contributed by atoms with van der Waals surface area (Å²) in [6.45, 7) is 2.74. The number of hydrogen-bond acceptors (Lipinski definition) is 8. The molecule has 0 saturated carbocycles. The SMILES string of the molecule is Cc1cc([N+](=O)[O-])nn1CC1=NN(c2ccn(Cc3ccccc3)n2)C(N)S1. The van der Waals surface area contributed by atoms with Crippen LogP contribution in [0.25, 0.3) is 0 Å². The Hall–Kier alpha value is -3.18. The summed E-state index contributed by atoms with van der Waals surface area (Å²) in [6, 6.07) is 13.3. The number of anilines is 1. The second-order valence-electron chi connectivity index (χ2n) is 6.26. The lowest BCUT2D eigenvalue weighted by Gasteiger charge is -2.15. The molecule has 2 N–H and O–H groups in total. The fraction of sp³-hybridized carbons (Fsp3) is 0.235. The highest BCUT2D eigenvalue weighted by Gasteiger charge is 2.28. The van der Waals surface area contributed by atoms with E-state index in [0.29, 0.717) is 29.6 Å². The molecule has 0 fully saturated rings. The first-order valence-electron chi connectivity index (χ1n) is 8.55. The van der Waals surface area contributed by atoms with Gasteiger partial charge in [-0.25, -0.2) is 5.01 Å². The standard InChI is InChI=1S/C17H18N8O2S/c1-12-9-15(25(26)27)20-23(12)11-16-21-24(17(18)28-16)14-7-8-22(19-14)10-13-5-3-2-4-6-13/h2-9,17H,10-11,18H2,1H3. The lowest BCUT2D eigenvalue weighted by Crippen LogP contribution is -2.32. The fourth-order valence-corrected chi connectivity index (χ4v) is 3.71. The molecule has 4 rings (SSSR count). The normalized spacial score (nSPS) is 16.4. The van der Waals surface area contributed by atoms with Crippen LogP contribution in [0.15, 0.2) is 53.8 Å². The molecular weight excluding hydrogens is 380 g/mol. The summed E-state index contributed by atoms with van der Waals surface area (Å²) in [7, 11) is 0. The lowest BCUT2D eigenvalue weighted by atomic mass is 10.2. The van der Waals surface area contributed by atoms with Crippen molar-refractivity contribution in [1.82, 2.24) is 19.6 Å². The predicted octanol–water partition coefficient (Wildman–Crippen LogP) is 2.15. The molecule has 0 saturated heterocycles. The Labute approximate surface area is 164 Å². The third-order valence-corrected chi connectivity index (χ3v) is 5.13. The largest absolute Gasteiger partial charge is 0.390 e. The van der Waals surface area contributed by atoms with E-state index >= 15 is 0 Å². The van der Waals surface area contributed by atoms with Crippen molar-refractivity contribution in [2.24, 2.45) is 10.8 Å². The van der Waals surface area contributed by atoms with Gasteiger partial charge in [0.15, 0.2) is 11.3 Å². The first kappa shape index (κ1) is 18.2. The third-order valence-electron chi connectivity index (χ3n) is 4.21. The topological polar surface area (TPSA) is 120 Å². The van der Waals surface area contributed by atoms with Crippen molar-refractivity contribution >= 4 is 28.4 Å². The molecular formula is C17H18N8O2S. The van der Waals surface area contributed by atoms with Gasteiger partial charge in [0.05, 0.1) is 23.4 Å². The van der Waals surface area contributed by atoms with E-state index in [-0.39, 0.29) is 5.82 Å². The lowest BCUT2D eigenvalue weighted by molar-refractivity contribution is -0.389. The number of aromatic nitrogens is 4. The predicted molar refractivity (Wildman–Crippen MR) is 107 cm³/mol. The van der Waals surface area contributed by atoms with E-state index < -0.39 is 10.4 Å². The summed E-state index contributed by atoms with van der Waals surface area (Å²) in [4.78, 5) is 10.4. The van der Waals surface area contributed by atoms with Crippen molar-refractivity contribution in [2.75, 3.05) is 5.01 Å². The highest BCUT2D eigenvalue weighted by molar-refractivity contribution is 8.14. The molecule has 1 atom stereocenters. The van der Waals surface area contributed by atoms with Gasteiger partial charge in [0.1, 0.15) is 11.6 Å². The summed E-state index contributed by atoms with van der Waals surface area (Å²) < 4.78 is 3.38. The van der Waals surface area contributed by atoms with Gasteiger partial charge < -0.3 is 15.8 Å². The molecule has 0 bridgehead atoms. The molecule has 1 aromatic carbocycles. The number of thioether (sulfide) groups is 1. The average molecular weight is 398 g/mol. The molecule has 10 nitrogen and oxygen atoms in total. The maximum Gasteiger partial charge on any atom is 0.390 e. The van der Waals surface area contributed by atoms with E-state index in [9.17, 15) is 10.1 Å². The maximum atomic E-state index is 10.9. The van der Waals surface area contributed by atoms with Gasteiger partial charge >= 0.3 is 5.82 Å². The Morgan fingerprint density at radius 2 is 2.00 bits per heavy atom. The monoisotopic (exact) mass is 398 g/mol. The van der Waals surface area contributed by atoms with E-state index in [1.165, 1.54) is 17.8 Å². The van der Waals surface area contributed by atoms with Gasteiger partial charge in [-0.2, -0.15) is 14.9 Å². The second-order valence-corrected chi connectivity index (χ2v) is 7.45. The van der Waals surface area contributed by atoms with Crippen LogP contribution in [0.2, 0.25) is 0 Å². The molecule has 0 amide bonds. The van der Waals surface area contributed by atoms with Crippen LogP contribution in [0.3, 0.4) is 0 Å². The smallest absolute Gasteiger partial charge is 0.358 e. The van der Waals surface area contributed by atoms with Crippen molar-refractivity contribution in [3.05, 3.63) is 70.0 Å². The van der Waals surface area contributed by atoms with E-state index in [1.54, 1.807) is 16.6 Å². The molecule has 3 heterocycles. The van der Waals surface area contributed by atoms with Gasteiger partial charge in [0, 0.05) is 12.3 Å². The summed E-state index contributed by atoms with van der Waals surface area (Å²) >= 11 is 1.38. The second kappa shape index (κ2) is 7.44. The zero-order valence-corrected chi connectivity index (χ0v) is 15.9. The molecule has 0 spiro atoms. The van der Waals surface area contributed by atoms with Crippen molar-refractivity contribution in [3.63, 3.8) is 0 Å². The molecule has 11 heteroatoms. The minimum Gasteiger partial charge on any atom is -0.358 e. The minimum absolute atomic E-state index is 0.179. The van der Waals surface area contributed by atoms with E-state index in [4.69, 9.17) is 5.73 Å². The number of nitrogens with two attached hydrogens (primary N) is 1. The zero-order chi connectivity index (χ0) is 19.7. The molecule has 3 aromatic rings. The number of hydrazone groups is 1. The van der Waals surface area contributed by atoms with Crippen LogP contribution in [0, 0.1) is 17.0 Å². The number of aryl methyl sites for hydroxylation is 1. The molecule has 1 aliphatic heterocycles. The van der Waals surface area contributed by atoms with Crippen molar-refractivity contribution in [3.8, 4) is 0 Å². The summed E-state index contributed by atoms with van der Waals surface area (Å²) in [6.07, 6.45) is 1.88. The Kier molecular flexibility index (Phi) is 4.84. The Morgan fingerprint density at radius 1 is 1.21 bits per heavy atom. The van der Waals surface area contributed by atoms with Crippen LogP contribution in [-0.2, 0) is 13.1 Å². The highest BCUT2D eigenvalue weighted by Crippen LogP contribution is 2.28. The van der Waals surface area contributed by atoms with Crippen LogP contribution < -0.4 is 10.7 Å². The van der Waals surface area contributed by atoms with Gasteiger partial charge in [0.25, 0.3) is 0 Å². The molecule has 0 radical (unpaired) electrons. The molecule has 0 aliphatic carbocycles. The molecule has 144 valence electrons. The van der Waals surface area contributed by atoms with Gasteiger partial charge in [-0.1, -0.05) is 42.1 Å². The van der Waals surface area contributed by atoms with Crippen LogP contribution in [0.1, 0.15) is 11.3 Å². The summed E-state index contributed by atoms with van der Waals surface area (Å²) in [5.74, 6) is 0.469. The number of rotatable bonds is 6. The van der Waals surface area contributed by atoms with Crippen LogP contribution in [0.5, 0.6) is 0 Å². The Bertz CT molecular complexity index is 1030. The van der Waals surface area contributed by atoms with Crippen LogP contribution in [0.4, 0.5) is 11.6 Å². The van der Waals surface area contributed by atoms with Crippen molar-refractivity contribution in [1.29, 1.82) is 0 Å². The van der Waals surface area contributed by atoms with Gasteiger partial charge in [-0.05, 0) is 17.4 Å². The fourth-order valence-electron chi connectivity index (χ4n) is 2.84. The highest BCUT2D eigenvalue weighted by atomic mass is 32.2. The van der Waals surface area contributed by atoms with Gasteiger partial charge in [-0.15, -0.1) is 0 Å². The summed E-state index contributed by atoms with van der Waals surface area (Å²) in [5.41, 5.74) is 7.62. The number of nitrogens with zero attached hydrogens (tertiary/aromatic N) is 7. The first-order valence-corrected chi connectivity index (χ1v) is 9.43. The van der Waals surface area contributed by atoms with Crippen molar-refractivity contribution in [2.45, 2.75) is 25.5 Å². The van der Waals surface area contributed by atoms with Crippen molar-refractivity contribution < 1.29 is 4.92 Å².